The van der Waals surface area contributed by atoms with Gasteiger partial charge < -0.3 is 10.4 Å². The predicted octanol–water partition coefficient (Wildman–Crippen LogP) is 4.32. The molecule has 3 rings (SSSR count). The van der Waals surface area contributed by atoms with Crippen LogP contribution in [0.5, 0.6) is 0 Å². The van der Waals surface area contributed by atoms with Crippen LogP contribution in [-0.2, 0) is 24.2 Å². The second-order valence-corrected chi connectivity index (χ2v) is 6.46. The molecule has 3 aromatic carbocycles. The molecule has 1 unspecified atom stereocenters. The van der Waals surface area contributed by atoms with Gasteiger partial charge in [0, 0.05) is 5.69 Å². The molecule has 0 fully saturated rings. The van der Waals surface area contributed by atoms with Gasteiger partial charge in [-0.2, -0.15) is 0 Å². The third-order valence-electron chi connectivity index (χ3n) is 4.56. The maximum atomic E-state index is 10.7. The molecule has 132 valence electrons. The number of aliphatic hydroxyl groups is 1. The van der Waals surface area contributed by atoms with Crippen molar-refractivity contribution in [3.63, 3.8) is 0 Å². The number of rotatable bonds is 8. The zero-order valence-electron chi connectivity index (χ0n) is 14.6. The first-order valence-corrected chi connectivity index (χ1v) is 8.81. The summed E-state index contributed by atoms with van der Waals surface area (Å²) >= 11 is 0. The van der Waals surface area contributed by atoms with E-state index in [9.17, 15) is 9.90 Å². The molecular formula is C23H23NO2. The number of hydrogen-bond donors (Lipinski definition) is 2. The summed E-state index contributed by atoms with van der Waals surface area (Å²) in [6.07, 6.45) is 2.48. The van der Waals surface area contributed by atoms with Gasteiger partial charge in [-0.05, 0) is 53.1 Å². The standard InChI is InChI=1S/C23H23NO2/c25-16-20-9-4-10-21(14-20)22(12-18-6-2-1-3-7-18)13-19-8-5-11-23(15-19)24-17-26/h1-11,14-15,17,22,25H,12-13,16H2,(H,24,26). The van der Waals surface area contributed by atoms with Crippen LogP contribution in [0.3, 0.4) is 0 Å². The van der Waals surface area contributed by atoms with Gasteiger partial charge in [-0.1, -0.05) is 66.7 Å². The normalized spacial score (nSPS) is 11.7. The second-order valence-electron chi connectivity index (χ2n) is 6.46. The summed E-state index contributed by atoms with van der Waals surface area (Å²) in [4.78, 5) is 10.7. The van der Waals surface area contributed by atoms with E-state index < -0.39 is 0 Å². The number of carbonyl (C=O) groups is 1. The quantitative estimate of drug-likeness (QED) is 0.598. The molecule has 0 aromatic heterocycles. The minimum absolute atomic E-state index is 0.0463. The minimum Gasteiger partial charge on any atom is -0.392 e. The molecule has 3 aromatic rings. The minimum atomic E-state index is 0.0463. The van der Waals surface area contributed by atoms with Gasteiger partial charge in [-0.25, -0.2) is 0 Å². The van der Waals surface area contributed by atoms with Crippen LogP contribution in [0.15, 0.2) is 78.9 Å². The number of aliphatic hydroxyl groups excluding tert-OH is 1. The molecule has 0 radical (unpaired) electrons. The Balaban J connectivity index is 1.89. The second kappa shape index (κ2) is 8.97. The van der Waals surface area contributed by atoms with Gasteiger partial charge in [0.1, 0.15) is 0 Å². The Morgan fingerprint density at radius 2 is 1.50 bits per heavy atom. The third-order valence-corrected chi connectivity index (χ3v) is 4.56. The van der Waals surface area contributed by atoms with Gasteiger partial charge >= 0.3 is 0 Å². The average Bonchev–Trinajstić information content (AvgIpc) is 2.69. The molecule has 0 spiro atoms. The summed E-state index contributed by atoms with van der Waals surface area (Å²) in [6.45, 7) is 0.0463. The number of benzene rings is 3. The van der Waals surface area contributed by atoms with E-state index in [1.165, 1.54) is 16.7 Å². The molecule has 0 aliphatic heterocycles. The lowest BCUT2D eigenvalue weighted by molar-refractivity contribution is -0.105. The molecule has 1 atom stereocenters. The number of amides is 1. The fourth-order valence-electron chi connectivity index (χ4n) is 3.29. The van der Waals surface area contributed by atoms with Crippen LogP contribution in [0.4, 0.5) is 5.69 Å². The molecule has 0 saturated heterocycles. The lowest BCUT2D eigenvalue weighted by Crippen LogP contribution is -2.08. The van der Waals surface area contributed by atoms with Crippen LogP contribution in [0.1, 0.15) is 28.2 Å². The highest BCUT2D eigenvalue weighted by atomic mass is 16.3. The Morgan fingerprint density at radius 1 is 0.808 bits per heavy atom. The molecule has 0 aliphatic carbocycles. The van der Waals surface area contributed by atoms with Gasteiger partial charge in [0.25, 0.3) is 0 Å². The smallest absolute Gasteiger partial charge is 0.211 e. The van der Waals surface area contributed by atoms with Crippen molar-refractivity contribution in [1.82, 2.24) is 0 Å². The Bertz CT molecular complexity index is 846. The van der Waals surface area contributed by atoms with Gasteiger partial charge in [-0.15, -0.1) is 0 Å². The topological polar surface area (TPSA) is 49.3 Å². The SMILES string of the molecule is O=CNc1cccc(CC(Cc2ccccc2)c2cccc(CO)c2)c1. The molecule has 0 bridgehead atoms. The van der Waals surface area contributed by atoms with E-state index in [4.69, 9.17) is 0 Å². The van der Waals surface area contributed by atoms with Gasteiger partial charge in [0.2, 0.25) is 6.41 Å². The lowest BCUT2D eigenvalue weighted by atomic mass is 9.86. The fraction of sp³-hybridized carbons (Fsp3) is 0.174. The van der Waals surface area contributed by atoms with Crippen LogP contribution in [0, 0.1) is 0 Å². The molecule has 1 amide bonds. The van der Waals surface area contributed by atoms with Gasteiger partial charge in [0.05, 0.1) is 6.61 Å². The fourth-order valence-corrected chi connectivity index (χ4v) is 3.29. The van der Waals surface area contributed by atoms with Crippen molar-refractivity contribution >= 4 is 12.1 Å². The highest BCUT2D eigenvalue weighted by Gasteiger charge is 2.14. The molecule has 2 N–H and O–H groups in total. The van der Waals surface area contributed by atoms with Crippen molar-refractivity contribution in [2.24, 2.45) is 0 Å². The maximum absolute atomic E-state index is 10.7. The van der Waals surface area contributed by atoms with Crippen molar-refractivity contribution in [2.45, 2.75) is 25.4 Å². The first-order valence-electron chi connectivity index (χ1n) is 8.81. The van der Waals surface area contributed by atoms with E-state index in [0.29, 0.717) is 6.41 Å². The van der Waals surface area contributed by atoms with E-state index in [2.05, 4.69) is 47.8 Å². The highest BCUT2D eigenvalue weighted by molar-refractivity contribution is 5.71. The van der Waals surface area contributed by atoms with Crippen LogP contribution in [-0.4, -0.2) is 11.5 Å². The van der Waals surface area contributed by atoms with E-state index >= 15 is 0 Å². The molecule has 0 saturated carbocycles. The van der Waals surface area contributed by atoms with Crippen molar-refractivity contribution < 1.29 is 9.90 Å². The van der Waals surface area contributed by atoms with Crippen LogP contribution in [0.2, 0.25) is 0 Å². The summed E-state index contributed by atoms with van der Waals surface area (Å²) in [5.41, 5.74) is 5.41. The predicted molar refractivity (Wildman–Crippen MR) is 105 cm³/mol. The number of carbonyl (C=O) groups excluding carboxylic acids is 1. The molecule has 3 heteroatoms. The summed E-state index contributed by atoms with van der Waals surface area (Å²) in [7, 11) is 0. The summed E-state index contributed by atoms with van der Waals surface area (Å²) < 4.78 is 0. The Morgan fingerprint density at radius 3 is 2.27 bits per heavy atom. The van der Waals surface area contributed by atoms with Crippen LogP contribution in [0.25, 0.3) is 0 Å². The molecule has 3 nitrogen and oxygen atoms in total. The van der Waals surface area contributed by atoms with Crippen molar-refractivity contribution in [2.75, 3.05) is 5.32 Å². The maximum Gasteiger partial charge on any atom is 0.211 e. The van der Waals surface area contributed by atoms with Gasteiger partial charge in [0.15, 0.2) is 0 Å². The van der Waals surface area contributed by atoms with E-state index in [0.717, 1.165) is 24.1 Å². The Kier molecular flexibility index (Phi) is 6.18. The molecule has 26 heavy (non-hydrogen) atoms. The average molecular weight is 345 g/mol. The van der Waals surface area contributed by atoms with Crippen molar-refractivity contribution in [3.8, 4) is 0 Å². The molecule has 0 heterocycles. The first kappa shape index (κ1) is 17.9. The Labute approximate surface area is 154 Å². The number of hydrogen-bond acceptors (Lipinski definition) is 2. The van der Waals surface area contributed by atoms with Crippen molar-refractivity contribution in [3.05, 3.63) is 101 Å². The number of anilines is 1. The third kappa shape index (κ3) is 4.80. The summed E-state index contributed by atoms with van der Waals surface area (Å²) in [5, 5.41) is 12.2. The molecule has 0 aliphatic rings. The zero-order chi connectivity index (χ0) is 18.2. The lowest BCUT2D eigenvalue weighted by Gasteiger charge is -2.19. The van der Waals surface area contributed by atoms with Crippen LogP contribution >= 0.6 is 0 Å². The van der Waals surface area contributed by atoms with Crippen LogP contribution < -0.4 is 5.32 Å². The largest absolute Gasteiger partial charge is 0.392 e. The highest BCUT2D eigenvalue weighted by Crippen LogP contribution is 2.27. The van der Waals surface area contributed by atoms with Gasteiger partial charge in [-0.3, -0.25) is 4.79 Å². The van der Waals surface area contributed by atoms with E-state index in [1.54, 1.807) is 0 Å². The monoisotopic (exact) mass is 345 g/mol. The van der Waals surface area contributed by atoms with Crippen molar-refractivity contribution in [1.29, 1.82) is 0 Å². The Hall–Kier alpha value is -2.91. The first-order chi connectivity index (χ1) is 12.8. The zero-order valence-corrected chi connectivity index (χ0v) is 14.6. The summed E-state index contributed by atoms with van der Waals surface area (Å²) in [5.74, 6) is 0.287. The number of nitrogens with one attached hydrogen (secondary N) is 1. The van der Waals surface area contributed by atoms with E-state index in [-0.39, 0.29) is 12.5 Å². The van der Waals surface area contributed by atoms with E-state index in [1.807, 2.05) is 36.4 Å². The molecular weight excluding hydrogens is 322 g/mol. The summed E-state index contributed by atoms with van der Waals surface area (Å²) in [6, 6.07) is 26.5.